The largest absolute Gasteiger partial charge is 0.343 e. The molecule has 0 aliphatic carbocycles. The average Bonchev–Trinajstić information content (AvgIpc) is 2.88. The number of hydrogen-bond acceptors (Lipinski definition) is 4. The number of nitrogens with zero attached hydrogens (tertiary/aromatic N) is 2. The number of aryl methyl sites for hydroxylation is 1. The summed E-state index contributed by atoms with van der Waals surface area (Å²) in [6.45, 7) is 1.92. The summed E-state index contributed by atoms with van der Waals surface area (Å²) >= 11 is 0. The predicted octanol–water partition coefficient (Wildman–Crippen LogP) is 1.83. The van der Waals surface area contributed by atoms with Gasteiger partial charge in [-0.25, -0.2) is 0 Å². The first kappa shape index (κ1) is 11.8. The Labute approximate surface area is 101 Å². The van der Waals surface area contributed by atoms with Crippen LogP contribution in [0.15, 0.2) is 41.2 Å². The van der Waals surface area contributed by atoms with Crippen molar-refractivity contribution in [1.82, 2.24) is 15.5 Å². The molecular weight excluding hydrogens is 214 g/mol. The van der Waals surface area contributed by atoms with Crippen LogP contribution in [0.3, 0.4) is 0 Å². The highest BCUT2D eigenvalue weighted by Crippen LogP contribution is 2.01. The van der Waals surface area contributed by atoms with Gasteiger partial charge in [-0.2, -0.15) is 4.98 Å². The van der Waals surface area contributed by atoms with Crippen LogP contribution in [-0.4, -0.2) is 23.2 Å². The first-order valence-corrected chi connectivity index (χ1v) is 5.95. The highest BCUT2D eigenvalue weighted by atomic mass is 16.5. The van der Waals surface area contributed by atoms with E-state index >= 15 is 0 Å². The maximum atomic E-state index is 4.66. The van der Waals surface area contributed by atoms with E-state index in [2.05, 4.69) is 44.2 Å². The highest BCUT2D eigenvalue weighted by Gasteiger charge is 1.97. The van der Waals surface area contributed by atoms with Gasteiger partial charge in [0.2, 0.25) is 6.39 Å². The SMILES string of the molecule is c1ccc(CCCNCCc2ncon2)cc1. The van der Waals surface area contributed by atoms with Crippen LogP contribution in [0.25, 0.3) is 0 Å². The van der Waals surface area contributed by atoms with Crippen molar-refractivity contribution < 1.29 is 4.52 Å². The lowest BCUT2D eigenvalue weighted by molar-refractivity contribution is 0.409. The van der Waals surface area contributed by atoms with Crippen LogP contribution in [0.2, 0.25) is 0 Å². The van der Waals surface area contributed by atoms with Crippen molar-refractivity contribution in [2.24, 2.45) is 0 Å². The molecule has 0 unspecified atom stereocenters. The zero-order chi connectivity index (χ0) is 11.8. The summed E-state index contributed by atoms with van der Waals surface area (Å²) in [5.74, 6) is 0.764. The molecule has 4 nitrogen and oxygen atoms in total. The van der Waals surface area contributed by atoms with E-state index in [1.54, 1.807) is 0 Å². The molecule has 17 heavy (non-hydrogen) atoms. The Morgan fingerprint density at radius 1 is 1.06 bits per heavy atom. The molecule has 4 heteroatoms. The van der Waals surface area contributed by atoms with E-state index in [-0.39, 0.29) is 0 Å². The molecule has 2 rings (SSSR count). The number of rotatable bonds is 7. The molecule has 0 bridgehead atoms. The van der Waals surface area contributed by atoms with Gasteiger partial charge in [0, 0.05) is 13.0 Å². The molecule has 0 aliphatic rings. The van der Waals surface area contributed by atoms with E-state index < -0.39 is 0 Å². The molecule has 90 valence electrons. The molecule has 1 aromatic carbocycles. The third kappa shape index (κ3) is 4.36. The number of hydrogen-bond donors (Lipinski definition) is 1. The smallest absolute Gasteiger partial charge is 0.213 e. The quantitative estimate of drug-likeness (QED) is 0.739. The molecule has 1 heterocycles. The summed E-state index contributed by atoms with van der Waals surface area (Å²) in [4.78, 5) is 3.96. The zero-order valence-corrected chi connectivity index (χ0v) is 9.80. The van der Waals surface area contributed by atoms with Gasteiger partial charge < -0.3 is 9.84 Å². The van der Waals surface area contributed by atoms with E-state index in [0.717, 1.165) is 38.2 Å². The molecule has 0 radical (unpaired) electrons. The van der Waals surface area contributed by atoms with Crippen LogP contribution in [0.1, 0.15) is 17.8 Å². The Hall–Kier alpha value is -1.68. The second-order valence-corrected chi connectivity index (χ2v) is 3.94. The van der Waals surface area contributed by atoms with Crippen LogP contribution < -0.4 is 5.32 Å². The van der Waals surface area contributed by atoms with E-state index in [1.807, 2.05) is 6.07 Å². The van der Waals surface area contributed by atoms with Gasteiger partial charge in [0.1, 0.15) is 0 Å². The van der Waals surface area contributed by atoms with Gasteiger partial charge in [-0.05, 0) is 24.9 Å². The van der Waals surface area contributed by atoms with Crippen LogP contribution in [-0.2, 0) is 12.8 Å². The molecule has 2 aromatic rings. The Morgan fingerprint density at radius 2 is 1.94 bits per heavy atom. The maximum Gasteiger partial charge on any atom is 0.213 e. The molecule has 1 aromatic heterocycles. The summed E-state index contributed by atoms with van der Waals surface area (Å²) in [5, 5.41) is 7.13. The summed E-state index contributed by atoms with van der Waals surface area (Å²) < 4.78 is 4.66. The molecule has 0 aliphatic heterocycles. The Bertz CT molecular complexity index is 400. The Kier molecular flexibility index (Phi) is 4.72. The van der Waals surface area contributed by atoms with Gasteiger partial charge in [-0.15, -0.1) is 0 Å². The van der Waals surface area contributed by atoms with Gasteiger partial charge in [-0.3, -0.25) is 0 Å². The van der Waals surface area contributed by atoms with E-state index in [9.17, 15) is 0 Å². The van der Waals surface area contributed by atoms with Crippen LogP contribution >= 0.6 is 0 Å². The minimum Gasteiger partial charge on any atom is -0.343 e. The van der Waals surface area contributed by atoms with Crippen LogP contribution in [0.4, 0.5) is 0 Å². The lowest BCUT2D eigenvalue weighted by atomic mass is 10.1. The molecule has 0 fully saturated rings. The van der Waals surface area contributed by atoms with E-state index in [0.29, 0.717) is 0 Å². The summed E-state index contributed by atoms with van der Waals surface area (Å²) in [6.07, 6.45) is 4.46. The number of nitrogens with one attached hydrogen (secondary N) is 1. The molecule has 1 N–H and O–H groups in total. The molecule has 0 saturated carbocycles. The number of benzene rings is 1. The van der Waals surface area contributed by atoms with E-state index in [1.165, 1.54) is 12.0 Å². The van der Waals surface area contributed by atoms with Crippen molar-refractivity contribution in [3.63, 3.8) is 0 Å². The third-order valence-electron chi connectivity index (χ3n) is 2.59. The monoisotopic (exact) mass is 231 g/mol. The van der Waals surface area contributed by atoms with E-state index in [4.69, 9.17) is 0 Å². The lowest BCUT2D eigenvalue weighted by Crippen LogP contribution is -2.19. The van der Waals surface area contributed by atoms with Gasteiger partial charge in [0.05, 0.1) is 0 Å². The maximum absolute atomic E-state index is 4.66. The van der Waals surface area contributed by atoms with Gasteiger partial charge >= 0.3 is 0 Å². The van der Waals surface area contributed by atoms with Crippen molar-refractivity contribution in [3.8, 4) is 0 Å². The second kappa shape index (κ2) is 6.81. The summed E-state index contributed by atoms with van der Waals surface area (Å²) in [6, 6.07) is 10.5. The van der Waals surface area contributed by atoms with Crippen molar-refractivity contribution >= 4 is 0 Å². The summed E-state index contributed by atoms with van der Waals surface area (Å²) in [7, 11) is 0. The topological polar surface area (TPSA) is 51.0 Å². The normalized spacial score (nSPS) is 10.6. The van der Waals surface area contributed by atoms with Gasteiger partial charge in [0.15, 0.2) is 5.82 Å². The van der Waals surface area contributed by atoms with Gasteiger partial charge in [0.25, 0.3) is 0 Å². The first-order valence-electron chi connectivity index (χ1n) is 5.95. The third-order valence-corrected chi connectivity index (χ3v) is 2.59. The molecule has 0 saturated heterocycles. The molecular formula is C13H17N3O. The minimum absolute atomic E-state index is 0.764. The van der Waals surface area contributed by atoms with Crippen molar-refractivity contribution in [2.45, 2.75) is 19.3 Å². The zero-order valence-electron chi connectivity index (χ0n) is 9.80. The lowest BCUT2D eigenvalue weighted by Gasteiger charge is -2.03. The fraction of sp³-hybridized carbons (Fsp3) is 0.385. The Morgan fingerprint density at radius 3 is 2.71 bits per heavy atom. The Balaban J connectivity index is 1.52. The first-order chi connectivity index (χ1) is 8.45. The summed E-state index contributed by atoms with van der Waals surface area (Å²) in [5.41, 5.74) is 1.40. The number of aromatic nitrogens is 2. The van der Waals surface area contributed by atoms with Crippen molar-refractivity contribution in [2.75, 3.05) is 13.1 Å². The fourth-order valence-electron chi connectivity index (χ4n) is 1.69. The standard InChI is InChI=1S/C13H17N3O/c1-2-5-12(6-3-1)7-4-9-14-10-8-13-15-11-17-16-13/h1-3,5-6,11,14H,4,7-10H2. The highest BCUT2D eigenvalue weighted by molar-refractivity contribution is 5.14. The molecule has 0 amide bonds. The molecule has 0 atom stereocenters. The van der Waals surface area contributed by atoms with Crippen LogP contribution in [0, 0.1) is 0 Å². The van der Waals surface area contributed by atoms with Crippen LogP contribution in [0.5, 0.6) is 0 Å². The fourth-order valence-corrected chi connectivity index (χ4v) is 1.69. The predicted molar refractivity (Wildman–Crippen MR) is 65.6 cm³/mol. The molecule has 0 spiro atoms. The van der Waals surface area contributed by atoms with Crippen molar-refractivity contribution in [3.05, 3.63) is 48.1 Å². The average molecular weight is 231 g/mol. The van der Waals surface area contributed by atoms with Gasteiger partial charge in [-0.1, -0.05) is 35.5 Å². The minimum atomic E-state index is 0.764. The second-order valence-electron chi connectivity index (χ2n) is 3.94. The van der Waals surface area contributed by atoms with Crippen molar-refractivity contribution in [1.29, 1.82) is 0 Å².